The lowest BCUT2D eigenvalue weighted by Gasteiger charge is -2.35. The maximum atomic E-state index is 12.8. The number of thiophene rings is 1. The van der Waals surface area contributed by atoms with Crippen LogP contribution in [-0.2, 0) is 17.8 Å². The fourth-order valence-corrected chi connectivity index (χ4v) is 5.41. The summed E-state index contributed by atoms with van der Waals surface area (Å²) in [6.45, 7) is 8.86. The molecule has 2 unspecified atom stereocenters. The average molecular weight is 416 g/mol. The van der Waals surface area contributed by atoms with Crippen LogP contribution in [0.15, 0.2) is 16.2 Å². The Labute approximate surface area is 174 Å². The Kier molecular flexibility index (Phi) is 5.72. The summed E-state index contributed by atoms with van der Waals surface area (Å²) in [5, 5.41) is 10.6. The molecule has 0 aromatic carbocycles. The number of aromatic nitrogens is 4. The lowest BCUT2D eigenvalue weighted by atomic mass is 9.91. The van der Waals surface area contributed by atoms with Crippen molar-refractivity contribution in [3.63, 3.8) is 0 Å². The van der Waals surface area contributed by atoms with Gasteiger partial charge >= 0.3 is 0 Å². The molecular weight excluding hydrogens is 386 g/mol. The minimum absolute atomic E-state index is 0.00631. The summed E-state index contributed by atoms with van der Waals surface area (Å²) in [5.41, 5.74) is 0.874. The Bertz CT molecular complexity index is 1070. The van der Waals surface area contributed by atoms with E-state index < -0.39 is 0 Å². The third-order valence-corrected chi connectivity index (χ3v) is 6.63. The average Bonchev–Trinajstić information content (AvgIpc) is 3.31. The van der Waals surface area contributed by atoms with E-state index in [0.717, 1.165) is 42.0 Å². The summed E-state index contributed by atoms with van der Waals surface area (Å²) < 4.78 is 4.45. The largest absolute Gasteiger partial charge is 0.342 e. The Morgan fingerprint density at radius 3 is 2.72 bits per heavy atom. The maximum absolute atomic E-state index is 12.8. The third kappa shape index (κ3) is 3.82. The van der Waals surface area contributed by atoms with Gasteiger partial charge in [-0.2, -0.15) is 0 Å². The summed E-state index contributed by atoms with van der Waals surface area (Å²) in [6.07, 6.45) is 3.98. The topological polar surface area (TPSA) is 72.5 Å². The molecule has 1 saturated heterocycles. The van der Waals surface area contributed by atoms with E-state index in [9.17, 15) is 9.59 Å². The second-order valence-electron chi connectivity index (χ2n) is 8.44. The van der Waals surface area contributed by atoms with E-state index in [1.54, 1.807) is 4.57 Å². The van der Waals surface area contributed by atoms with Gasteiger partial charge in [-0.05, 0) is 42.5 Å². The van der Waals surface area contributed by atoms with Gasteiger partial charge in [-0.3, -0.25) is 18.6 Å². The molecule has 0 radical (unpaired) electrons. The van der Waals surface area contributed by atoms with Gasteiger partial charge in [0.15, 0.2) is 0 Å². The maximum Gasteiger partial charge on any atom is 0.272 e. The predicted octanol–water partition coefficient (Wildman–Crippen LogP) is 3.34. The molecule has 3 aromatic rings. The first-order valence-corrected chi connectivity index (χ1v) is 11.5. The Morgan fingerprint density at radius 2 is 2.00 bits per heavy atom. The number of amides is 1. The van der Waals surface area contributed by atoms with Gasteiger partial charge in [0.2, 0.25) is 11.7 Å². The van der Waals surface area contributed by atoms with Crippen molar-refractivity contribution in [1.82, 2.24) is 24.1 Å². The number of rotatable bonds is 6. The molecule has 1 aliphatic rings. The van der Waals surface area contributed by atoms with Crippen LogP contribution in [0.2, 0.25) is 0 Å². The van der Waals surface area contributed by atoms with Crippen molar-refractivity contribution in [3.8, 4) is 0 Å². The molecule has 0 aliphatic carbocycles. The molecular formula is C21H29N5O2S. The van der Waals surface area contributed by atoms with E-state index in [1.165, 1.54) is 17.8 Å². The van der Waals surface area contributed by atoms with Crippen molar-refractivity contribution in [2.45, 2.75) is 59.4 Å². The van der Waals surface area contributed by atoms with E-state index in [1.807, 2.05) is 27.7 Å². The highest BCUT2D eigenvalue weighted by Crippen LogP contribution is 2.23. The van der Waals surface area contributed by atoms with E-state index in [4.69, 9.17) is 0 Å². The molecule has 156 valence electrons. The summed E-state index contributed by atoms with van der Waals surface area (Å²) in [7, 11) is 0. The second kappa shape index (κ2) is 8.26. The van der Waals surface area contributed by atoms with Crippen LogP contribution in [0.4, 0.5) is 0 Å². The number of carbonyl (C=O) groups excluding carboxylic acids is 1. The van der Waals surface area contributed by atoms with Gasteiger partial charge in [0.1, 0.15) is 10.5 Å². The highest BCUT2D eigenvalue weighted by Gasteiger charge is 2.25. The molecule has 0 spiro atoms. The molecule has 1 aliphatic heterocycles. The van der Waals surface area contributed by atoms with Gasteiger partial charge in [-0.15, -0.1) is 21.5 Å². The minimum atomic E-state index is 0.00631. The van der Waals surface area contributed by atoms with E-state index in [-0.39, 0.29) is 11.5 Å². The smallest absolute Gasteiger partial charge is 0.272 e. The van der Waals surface area contributed by atoms with Gasteiger partial charge < -0.3 is 4.90 Å². The van der Waals surface area contributed by atoms with Crippen LogP contribution in [0.3, 0.4) is 0 Å². The number of aryl methyl sites for hydroxylation is 2. The zero-order valence-corrected chi connectivity index (χ0v) is 18.2. The van der Waals surface area contributed by atoms with Crippen molar-refractivity contribution in [2.24, 2.45) is 11.8 Å². The molecule has 7 nitrogen and oxygen atoms in total. The Balaban J connectivity index is 1.53. The van der Waals surface area contributed by atoms with Crippen LogP contribution in [0, 0.1) is 11.8 Å². The quantitative estimate of drug-likeness (QED) is 0.619. The van der Waals surface area contributed by atoms with Gasteiger partial charge in [-0.1, -0.05) is 20.8 Å². The van der Waals surface area contributed by atoms with Crippen LogP contribution in [0.25, 0.3) is 16.0 Å². The number of piperidine rings is 1. The number of nitrogens with zero attached hydrogens (tertiary/aromatic N) is 5. The van der Waals surface area contributed by atoms with Gasteiger partial charge in [0, 0.05) is 32.5 Å². The molecule has 0 saturated carbocycles. The normalized spacial score (nSPS) is 20.0. The number of likely N-dealkylation sites (tertiary alicyclic amines) is 1. The zero-order valence-electron chi connectivity index (χ0n) is 17.4. The van der Waals surface area contributed by atoms with E-state index >= 15 is 0 Å². The minimum Gasteiger partial charge on any atom is -0.342 e. The molecule has 0 bridgehead atoms. The fraction of sp³-hybridized carbons (Fsp3) is 0.619. The molecule has 8 heteroatoms. The first-order chi connectivity index (χ1) is 14.0. The second-order valence-corrected chi connectivity index (χ2v) is 9.36. The van der Waals surface area contributed by atoms with Crippen LogP contribution in [-0.4, -0.2) is 43.1 Å². The molecule has 29 heavy (non-hydrogen) atoms. The fourth-order valence-electron chi connectivity index (χ4n) is 4.59. The first kappa shape index (κ1) is 20.1. The molecule has 1 fully saturated rings. The number of hydrogen-bond acceptors (Lipinski definition) is 5. The molecule has 1 amide bonds. The van der Waals surface area contributed by atoms with Crippen LogP contribution < -0.4 is 5.56 Å². The van der Waals surface area contributed by atoms with Gasteiger partial charge in [0.05, 0.1) is 5.52 Å². The van der Waals surface area contributed by atoms with Crippen LogP contribution >= 0.6 is 11.3 Å². The Morgan fingerprint density at radius 1 is 1.24 bits per heavy atom. The predicted molar refractivity (Wildman–Crippen MR) is 115 cm³/mol. The van der Waals surface area contributed by atoms with Crippen LogP contribution in [0.1, 0.15) is 52.3 Å². The van der Waals surface area contributed by atoms with Crippen molar-refractivity contribution in [2.75, 3.05) is 13.1 Å². The first-order valence-electron chi connectivity index (χ1n) is 10.6. The van der Waals surface area contributed by atoms with Crippen molar-refractivity contribution < 1.29 is 4.79 Å². The lowest BCUT2D eigenvalue weighted by molar-refractivity contribution is -0.133. The third-order valence-electron chi connectivity index (χ3n) is 5.74. The summed E-state index contributed by atoms with van der Waals surface area (Å²) in [4.78, 5) is 27.5. The van der Waals surface area contributed by atoms with E-state index in [2.05, 4.69) is 24.0 Å². The number of hydrogen-bond donors (Lipinski definition) is 0. The molecule has 3 aromatic heterocycles. The number of carbonyl (C=O) groups is 1. The highest BCUT2D eigenvalue weighted by atomic mass is 32.1. The van der Waals surface area contributed by atoms with Crippen molar-refractivity contribution in [1.29, 1.82) is 0 Å². The Hall–Kier alpha value is -2.22. The van der Waals surface area contributed by atoms with E-state index in [0.29, 0.717) is 37.0 Å². The molecule has 4 rings (SSSR count). The standard InChI is InChI=1S/C21H29N5O2S/c1-4-9-25-20(28)19-16(8-10-29-19)26-17(22-23-21(25)26)6-5-7-18(27)24-12-14(2)11-15(3)13-24/h8,10,14-15H,4-7,9,11-13H2,1-3H3. The zero-order chi connectivity index (χ0) is 20.5. The summed E-state index contributed by atoms with van der Waals surface area (Å²) >= 11 is 1.46. The summed E-state index contributed by atoms with van der Waals surface area (Å²) in [5.74, 6) is 2.81. The molecule has 4 heterocycles. The monoisotopic (exact) mass is 415 g/mol. The van der Waals surface area contributed by atoms with Crippen molar-refractivity contribution in [3.05, 3.63) is 27.6 Å². The van der Waals surface area contributed by atoms with Gasteiger partial charge in [0.25, 0.3) is 5.56 Å². The molecule has 2 atom stereocenters. The SMILES string of the molecule is CCCn1c(=O)c2sccc2n2c(CCCC(=O)N3CC(C)CC(C)C3)nnc12. The number of fused-ring (bicyclic) bond motifs is 3. The highest BCUT2D eigenvalue weighted by molar-refractivity contribution is 7.17. The molecule has 0 N–H and O–H groups in total. The van der Waals surface area contributed by atoms with Crippen LogP contribution in [0.5, 0.6) is 0 Å². The lowest BCUT2D eigenvalue weighted by Crippen LogP contribution is -2.42. The van der Waals surface area contributed by atoms with Crippen molar-refractivity contribution >= 4 is 33.2 Å². The summed E-state index contributed by atoms with van der Waals surface area (Å²) in [6, 6.07) is 1.96. The van der Waals surface area contributed by atoms with Gasteiger partial charge in [-0.25, -0.2) is 0 Å².